The number of hydrogen-bond acceptors (Lipinski definition) is 5. The molecule has 0 radical (unpaired) electrons. The van der Waals surface area contributed by atoms with Gasteiger partial charge in [-0.05, 0) is 26.0 Å². The van der Waals surface area contributed by atoms with Crippen LogP contribution in [0.15, 0.2) is 41.5 Å². The molecule has 0 saturated carbocycles. The van der Waals surface area contributed by atoms with Gasteiger partial charge in [0, 0.05) is 11.1 Å². The molecule has 1 aliphatic rings. The minimum Gasteiger partial charge on any atom is -0.290 e. The maximum Gasteiger partial charge on any atom is 0.184 e. The molecule has 0 aromatic heterocycles. The Labute approximate surface area is 146 Å². The standard InChI is InChI=1S/C8H10AsNO5.C8H8O2/c1-5(11)10-8-6(9(13,14)15)3-2-4-7(8)12;1-5-3-7(9)4-6(2)8(5)10/h2-4,12H,1H3,(H,10,11)(H2,13,14,15);3-4H,1-2H3. The molecule has 0 saturated heterocycles. The second kappa shape index (κ2) is 8.11. The monoisotopic (exact) mass is 411 g/mol. The predicted molar refractivity (Wildman–Crippen MR) is 90.5 cm³/mol. The molecule has 1 aliphatic carbocycles. The summed E-state index contributed by atoms with van der Waals surface area (Å²) < 4.78 is 28.8. The molecule has 0 bridgehead atoms. The molecule has 9 heteroatoms. The molecule has 0 unspecified atom stereocenters. The van der Waals surface area contributed by atoms with Gasteiger partial charge < -0.3 is 0 Å². The van der Waals surface area contributed by atoms with Gasteiger partial charge in [-0.3, -0.25) is 9.59 Å². The Kier molecular flexibility index (Phi) is 6.69. The minimum absolute atomic E-state index is 0.0281. The van der Waals surface area contributed by atoms with Crippen molar-refractivity contribution < 1.29 is 31.4 Å². The number of phenols is 1. The van der Waals surface area contributed by atoms with Crippen LogP contribution in [0.2, 0.25) is 0 Å². The number of ketones is 2. The van der Waals surface area contributed by atoms with Crippen LogP contribution in [0, 0.1) is 0 Å². The van der Waals surface area contributed by atoms with Crippen LogP contribution in [-0.4, -0.2) is 44.9 Å². The van der Waals surface area contributed by atoms with Gasteiger partial charge in [-0.15, -0.1) is 0 Å². The van der Waals surface area contributed by atoms with Crippen molar-refractivity contribution in [1.82, 2.24) is 0 Å². The number of aromatic hydroxyl groups is 1. The first-order valence-corrected chi connectivity index (χ1v) is 10.4. The van der Waals surface area contributed by atoms with E-state index >= 15 is 0 Å². The average Bonchev–Trinajstić information content (AvgIpc) is 2.46. The fourth-order valence-electron chi connectivity index (χ4n) is 1.99. The van der Waals surface area contributed by atoms with Crippen molar-refractivity contribution >= 4 is 41.7 Å². The molecule has 25 heavy (non-hydrogen) atoms. The number of anilines is 1. The van der Waals surface area contributed by atoms with Gasteiger partial charge in [0.15, 0.2) is 11.6 Å². The van der Waals surface area contributed by atoms with Crippen molar-refractivity contribution in [2.24, 2.45) is 0 Å². The van der Waals surface area contributed by atoms with Crippen molar-refractivity contribution in [3.8, 4) is 5.75 Å². The molecule has 0 aliphatic heterocycles. The van der Waals surface area contributed by atoms with Gasteiger partial charge in [0.1, 0.15) is 0 Å². The molecule has 134 valence electrons. The van der Waals surface area contributed by atoms with Crippen LogP contribution in [0.3, 0.4) is 0 Å². The number of carbonyl (C=O) groups is 3. The summed E-state index contributed by atoms with van der Waals surface area (Å²) in [6.07, 6.45) is 2.71. The van der Waals surface area contributed by atoms with Crippen LogP contribution in [-0.2, 0) is 18.1 Å². The van der Waals surface area contributed by atoms with E-state index in [1.165, 1.54) is 37.3 Å². The normalized spacial score (nSPS) is 14.1. The fraction of sp³-hybridized carbons (Fsp3) is 0.188. The molecule has 1 aromatic carbocycles. The number of amides is 1. The number of phenolic OH excluding ortho intramolecular Hbond substituents is 1. The van der Waals surface area contributed by atoms with Crippen LogP contribution in [0.25, 0.3) is 0 Å². The van der Waals surface area contributed by atoms with E-state index in [1.807, 2.05) is 0 Å². The summed E-state index contributed by atoms with van der Waals surface area (Å²) in [7, 11) is 0. The van der Waals surface area contributed by atoms with E-state index in [0.29, 0.717) is 11.1 Å². The summed E-state index contributed by atoms with van der Waals surface area (Å²) >= 11 is -5.14. The Balaban J connectivity index is 0.000000271. The van der Waals surface area contributed by atoms with Gasteiger partial charge in [0.05, 0.1) is 0 Å². The molecule has 0 heterocycles. The van der Waals surface area contributed by atoms with E-state index in [1.54, 1.807) is 13.8 Å². The van der Waals surface area contributed by atoms with Crippen LogP contribution in [0.5, 0.6) is 5.75 Å². The van der Waals surface area contributed by atoms with Gasteiger partial charge in [0.2, 0.25) is 0 Å². The number of Topliss-reactive ketones (excluding diaryl/α,β-unsaturated/α-hetero) is 1. The molecule has 0 spiro atoms. The molecule has 2 rings (SSSR count). The van der Waals surface area contributed by atoms with Gasteiger partial charge >= 0.3 is 88.1 Å². The number of allylic oxidation sites excluding steroid dienone is 4. The molecular weight excluding hydrogens is 393 g/mol. The number of hydrogen-bond donors (Lipinski definition) is 4. The van der Waals surface area contributed by atoms with E-state index in [9.17, 15) is 23.2 Å². The third-order valence-electron chi connectivity index (χ3n) is 3.07. The molecule has 0 fully saturated rings. The van der Waals surface area contributed by atoms with Crippen LogP contribution in [0.1, 0.15) is 20.8 Å². The molecule has 0 atom stereocenters. The van der Waals surface area contributed by atoms with Crippen molar-refractivity contribution in [2.75, 3.05) is 5.32 Å². The third-order valence-corrected chi connectivity index (χ3v) is 5.17. The summed E-state index contributed by atoms with van der Waals surface area (Å²) in [5, 5.41) is 11.5. The molecule has 1 aromatic rings. The SMILES string of the molecule is CC(=O)Nc1c(O)cccc1[As](=O)(O)O.CC1=CC(=O)C=C(C)C1=O. The zero-order valence-electron chi connectivity index (χ0n) is 13.8. The van der Waals surface area contributed by atoms with E-state index in [0.717, 1.165) is 0 Å². The number of benzene rings is 1. The van der Waals surface area contributed by atoms with Gasteiger partial charge in [-0.2, -0.15) is 0 Å². The number of para-hydroxylation sites is 1. The van der Waals surface area contributed by atoms with Crippen LogP contribution in [0.4, 0.5) is 5.69 Å². The summed E-state index contributed by atoms with van der Waals surface area (Å²) in [5.74, 6) is -0.997. The topological polar surface area (TPSA) is 141 Å². The summed E-state index contributed by atoms with van der Waals surface area (Å²) in [4.78, 5) is 32.5. The van der Waals surface area contributed by atoms with E-state index < -0.39 is 20.1 Å². The summed E-state index contributed by atoms with van der Waals surface area (Å²) in [6, 6.07) is 3.71. The second-order valence-electron chi connectivity index (χ2n) is 5.28. The Bertz CT molecular complexity index is 809. The predicted octanol–water partition coefficient (Wildman–Crippen LogP) is -0.0576. The average molecular weight is 411 g/mol. The first kappa shape index (κ1) is 20.6. The number of carbonyl (C=O) groups excluding carboxylic acids is 3. The Hall–Kier alpha value is -2.41. The summed E-state index contributed by atoms with van der Waals surface area (Å²) in [6.45, 7) is 4.48. The van der Waals surface area contributed by atoms with E-state index in [-0.39, 0.29) is 27.4 Å². The largest absolute Gasteiger partial charge is 0.290 e. The Morgan fingerprint density at radius 1 is 1.08 bits per heavy atom. The molecular formula is C16H18AsNO7. The minimum atomic E-state index is -5.14. The van der Waals surface area contributed by atoms with Crippen LogP contribution >= 0.6 is 0 Å². The number of nitrogens with one attached hydrogen (secondary N) is 1. The third kappa shape index (κ3) is 5.86. The van der Waals surface area contributed by atoms with E-state index in [2.05, 4.69) is 5.32 Å². The van der Waals surface area contributed by atoms with Crippen LogP contribution < -0.4 is 9.67 Å². The summed E-state index contributed by atoms with van der Waals surface area (Å²) in [5.41, 5.74) is 0.840. The van der Waals surface area contributed by atoms with Gasteiger partial charge in [-0.1, -0.05) is 0 Å². The smallest absolute Gasteiger partial charge is 0.184 e. The first-order valence-electron chi connectivity index (χ1n) is 7.04. The van der Waals surface area contributed by atoms with Crippen molar-refractivity contribution in [1.29, 1.82) is 0 Å². The maximum absolute atomic E-state index is 11.1. The zero-order chi connectivity index (χ0) is 19.4. The van der Waals surface area contributed by atoms with Gasteiger partial charge in [0.25, 0.3) is 0 Å². The first-order chi connectivity index (χ1) is 11.4. The maximum atomic E-state index is 11.1. The second-order valence-corrected chi connectivity index (χ2v) is 8.58. The molecule has 8 nitrogen and oxygen atoms in total. The molecule has 4 N–H and O–H groups in total. The Morgan fingerprint density at radius 3 is 2.04 bits per heavy atom. The van der Waals surface area contributed by atoms with Crippen molar-refractivity contribution in [3.63, 3.8) is 0 Å². The molecule has 1 amide bonds. The van der Waals surface area contributed by atoms with Crippen molar-refractivity contribution in [3.05, 3.63) is 41.5 Å². The van der Waals surface area contributed by atoms with E-state index in [4.69, 9.17) is 8.19 Å². The zero-order valence-corrected chi connectivity index (χ0v) is 15.7. The van der Waals surface area contributed by atoms with Gasteiger partial charge in [-0.25, -0.2) is 0 Å². The Morgan fingerprint density at radius 2 is 1.60 bits per heavy atom. The fourth-order valence-corrected chi connectivity index (χ4v) is 3.54. The van der Waals surface area contributed by atoms with Crippen molar-refractivity contribution in [2.45, 2.75) is 20.8 Å². The quantitative estimate of drug-likeness (QED) is 0.304. The number of rotatable bonds is 2.